The number of carbonyl (C=O) groups is 1. The lowest BCUT2D eigenvalue weighted by Gasteiger charge is -1.97. The molecule has 3 rings (SSSR count). The fraction of sp³-hybridized carbons (Fsp3) is 0.133. The van der Waals surface area contributed by atoms with Crippen LogP contribution in [0.4, 0.5) is 0 Å². The van der Waals surface area contributed by atoms with Crippen molar-refractivity contribution in [1.29, 1.82) is 0 Å². The molecule has 3 aromatic heterocycles. The minimum Gasteiger partial charge on any atom is -0.347 e. The van der Waals surface area contributed by atoms with Crippen LogP contribution in [0.1, 0.15) is 11.3 Å². The molecule has 0 aliphatic carbocycles. The van der Waals surface area contributed by atoms with Crippen molar-refractivity contribution in [1.82, 2.24) is 24.5 Å². The molecule has 22 heavy (non-hydrogen) atoms. The molecule has 0 atom stereocenters. The SMILES string of the molecule is Cn1cc(/C=C\C(=O)NCc2cn3cc(Br)ccc3n2)cn1. The molecule has 0 unspecified atom stereocenters. The highest BCUT2D eigenvalue weighted by atomic mass is 79.9. The molecule has 0 spiro atoms. The molecule has 0 aliphatic heterocycles. The van der Waals surface area contributed by atoms with Crippen LogP contribution in [0, 0.1) is 0 Å². The molecule has 0 aliphatic rings. The maximum absolute atomic E-state index is 11.8. The van der Waals surface area contributed by atoms with Gasteiger partial charge < -0.3 is 9.72 Å². The van der Waals surface area contributed by atoms with Gasteiger partial charge in [0.15, 0.2) is 0 Å². The van der Waals surface area contributed by atoms with E-state index in [4.69, 9.17) is 0 Å². The Kier molecular flexibility index (Phi) is 4.06. The first kappa shape index (κ1) is 14.5. The Morgan fingerprint density at radius 3 is 3.00 bits per heavy atom. The van der Waals surface area contributed by atoms with Gasteiger partial charge in [-0.05, 0) is 34.1 Å². The first-order valence-corrected chi connectivity index (χ1v) is 7.47. The monoisotopic (exact) mass is 359 g/mol. The second-order valence-electron chi connectivity index (χ2n) is 4.84. The Morgan fingerprint density at radius 1 is 1.36 bits per heavy atom. The van der Waals surface area contributed by atoms with Gasteiger partial charge in [-0.15, -0.1) is 0 Å². The Hall–Kier alpha value is -2.41. The summed E-state index contributed by atoms with van der Waals surface area (Å²) < 4.78 is 4.58. The molecule has 7 heteroatoms. The Bertz CT molecular complexity index is 849. The predicted molar refractivity (Wildman–Crippen MR) is 87.0 cm³/mol. The van der Waals surface area contributed by atoms with Crippen molar-refractivity contribution < 1.29 is 4.79 Å². The van der Waals surface area contributed by atoms with Crippen molar-refractivity contribution in [3.63, 3.8) is 0 Å². The summed E-state index contributed by atoms with van der Waals surface area (Å²) in [4.78, 5) is 16.2. The van der Waals surface area contributed by atoms with Crippen LogP contribution in [-0.4, -0.2) is 25.1 Å². The van der Waals surface area contributed by atoms with Crippen LogP contribution in [0.2, 0.25) is 0 Å². The van der Waals surface area contributed by atoms with Crippen molar-refractivity contribution in [2.75, 3.05) is 0 Å². The Morgan fingerprint density at radius 2 is 2.23 bits per heavy atom. The molecule has 3 heterocycles. The highest BCUT2D eigenvalue weighted by Gasteiger charge is 2.03. The van der Waals surface area contributed by atoms with Crippen LogP contribution in [0.3, 0.4) is 0 Å². The van der Waals surface area contributed by atoms with Crippen molar-refractivity contribution in [2.45, 2.75) is 6.54 Å². The second kappa shape index (κ2) is 6.15. The van der Waals surface area contributed by atoms with Crippen LogP contribution in [-0.2, 0) is 18.4 Å². The molecule has 1 N–H and O–H groups in total. The molecule has 0 radical (unpaired) electrons. The van der Waals surface area contributed by atoms with Gasteiger partial charge in [0.25, 0.3) is 0 Å². The van der Waals surface area contributed by atoms with E-state index in [0.29, 0.717) is 6.54 Å². The first-order valence-electron chi connectivity index (χ1n) is 6.68. The molecule has 0 fully saturated rings. The largest absolute Gasteiger partial charge is 0.347 e. The van der Waals surface area contributed by atoms with E-state index in [-0.39, 0.29) is 5.91 Å². The van der Waals surface area contributed by atoms with Crippen molar-refractivity contribution >= 4 is 33.6 Å². The predicted octanol–water partition coefficient (Wildman–Crippen LogP) is 2.16. The standard InChI is InChI=1S/C15H14BrN5O/c1-20-8-11(6-18-20)2-5-15(22)17-7-13-10-21-9-12(16)3-4-14(21)19-13/h2-6,8-10H,7H2,1H3,(H,17,22)/b5-2-. The minimum atomic E-state index is -0.165. The van der Waals surface area contributed by atoms with E-state index in [1.165, 1.54) is 6.08 Å². The molecule has 0 aromatic carbocycles. The molecular weight excluding hydrogens is 346 g/mol. The van der Waals surface area contributed by atoms with Crippen molar-refractivity contribution in [2.24, 2.45) is 7.05 Å². The van der Waals surface area contributed by atoms with Gasteiger partial charge in [-0.25, -0.2) is 4.98 Å². The van der Waals surface area contributed by atoms with Gasteiger partial charge in [0.1, 0.15) is 5.65 Å². The second-order valence-corrected chi connectivity index (χ2v) is 5.76. The number of aromatic nitrogens is 4. The zero-order valence-electron chi connectivity index (χ0n) is 11.9. The highest BCUT2D eigenvalue weighted by Crippen LogP contribution is 2.12. The van der Waals surface area contributed by atoms with Crippen LogP contribution < -0.4 is 5.32 Å². The number of halogens is 1. The summed E-state index contributed by atoms with van der Waals surface area (Å²) in [5.41, 5.74) is 2.54. The van der Waals surface area contributed by atoms with Gasteiger partial charge in [0.2, 0.25) is 5.91 Å². The van der Waals surface area contributed by atoms with Gasteiger partial charge in [-0.2, -0.15) is 5.10 Å². The number of rotatable bonds is 4. The zero-order chi connectivity index (χ0) is 15.5. The number of amides is 1. The van der Waals surface area contributed by atoms with Crippen LogP contribution in [0.25, 0.3) is 11.7 Å². The maximum Gasteiger partial charge on any atom is 0.244 e. The van der Waals surface area contributed by atoms with E-state index in [1.807, 2.05) is 42.2 Å². The number of hydrogen-bond donors (Lipinski definition) is 1. The van der Waals surface area contributed by atoms with Gasteiger partial charge in [0, 0.05) is 41.8 Å². The van der Waals surface area contributed by atoms with E-state index in [9.17, 15) is 4.79 Å². The molecule has 0 saturated heterocycles. The summed E-state index contributed by atoms with van der Waals surface area (Å²) in [6, 6.07) is 3.85. The lowest BCUT2D eigenvalue weighted by molar-refractivity contribution is -0.116. The molecule has 1 amide bonds. The number of hydrogen-bond acceptors (Lipinski definition) is 3. The summed E-state index contributed by atoms with van der Waals surface area (Å²) in [5.74, 6) is -0.165. The normalized spacial score (nSPS) is 11.4. The van der Waals surface area contributed by atoms with Gasteiger partial charge >= 0.3 is 0 Å². The molecular formula is C15H14BrN5O. The van der Waals surface area contributed by atoms with Gasteiger partial charge in [-0.3, -0.25) is 9.48 Å². The quantitative estimate of drug-likeness (QED) is 0.726. The van der Waals surface area contributed by atoms with Crippen molar-refractivity contribution in [3.8, 4) is 0 Å². The number of fused-ring (bicyclic) bond motifs is 1. The third-order valence-electron chi connectivity index (χ3n) is 3.06. The summed E-state index contributed by atoms with van der Waals surface area (Å²) in [7, 11) is 1.83. The lowest BCUT2D eigenvalue weighted by atomic mass is 10.3. The number of aryl methyl sites for hydroxylation is 1. The van der Waals surface area contributed by atoms with E-state index < -0.39 is 0 Å². The van der Waals surface area contributed by atoms with Gasteiger partial charge in [0.05, 0.1) is 18.4 Å². The zero-order valence-corrected chi connectivity index (χ0v) is 13.5. The number of imidazole rings is 1. The fourth-order valence-corrected chi connectivity index (χ4v) is 2.39. The van der Waals surface area contributed by atoms with E-state index >= 15 is 0 Å². The summed E-state index contributed by atoms with van der Waals surface area (Å²) in [5, 5.41) is 6.85. The Labute approximate surface area is 135 Å². The van der Waals surface area contributed by atoms with Crippen LogP contribution >= 0.6 is 15.9 Å². The maximum atomic E-state index is 11.8. The lowest BCUT2D eigenvalue weighted by Crippen LogP contribution is -2.20. The average Bonchev–Trinajstić information content (AvgIpc) is 3.08. The average molecular weight is 360 g/mol. The molecule has 112 valence electrons. The number of nitrogens with zero attached hydrogens (tertiary/aromatic N) is 4. The number of carbonyl (C=O) groups excluding carboxylic acids is 1. The van der Waals surface area contributed by atoms with Crippen molar-refractivity contribution in [3.05, 3.63) is 58.7 Å². The first-order chi connectivity index (χ1) is 10.6. The van der Waals surface area contributed by atoms with Crippen LogP contribution in [0.5, 0.6) is 0 Å². The van der Waals surface area contributed by atoms with E-state index in [1.54, 1.807) is 17.0 Å². The molecule has 0 bridgehead atoms. The molecule has 0 saturated carbocycles. The molecule has 6 nitrogen and oxygen atoms in total. The van der Waals surface area contributed by atoms with E-state index in [0.717, 1.165) is 21.4 Å². The third kappa shape index (κ3) is 3.43. The third-order valence-corrected chi connectivity index (χ3v) is 3.53. The molecule has 3 aromatic rings. The Balaban J connectivity index is 1.61. The summed E-state index contributed by atoms with van der Waals surface area (Å²) in [6.45, 7) is 0.384. The van der Waals surface area contributed by atoms with Gasteiger partial charge in [-0.1, -0.05) is 0 Å². The number of pyridine rings is 1. The fourth-order valence-electron chi connectivity index (χ4n) is 2.04. The van der Waals surface area contributed by atoms with Crippen LogP contribution in [0.15, 0.2) is 47.5 Å². The minimum absolute atomic E-state index is 0.165. The summed E-state index contributed by atoms with van der Waals surface area (Å²) in [6.07, 6.45) is 10.6. The summed E-state index contributed by atoms with van der Waals surface area (Å²) >= 11 is 3.41. The smallest absolute Gasteiger partial charge is 0.244 e. The van der Waals surface area contributed by atoms with E-state index in [2.05, 4.69) is 31.3 Å². The topological polar surface area (TPSA) is 64.2 Å². The number of nitrogens with one attached hydrogen (secondary N) is 1. The highest BCUT2D eigenvalue weighted by molar-refractivity contribution is 9.10.